The Morgan fingerprint density at radius 1 is 0.404 bits per heavy atom. The summed E-state index contributed by atoms with van der Waals surface area (Å²) >= 11 is 3.43. The van der Waals surface area contributed by atoms with E-state index in [0.717, 1.165) is 43.5 Å². The van der Waals surface area contributed by atoms with Gasteiger partial charge in [0.15, 0.2) is 0 Å². The number of rotatable bonds is 5. The average Bonchev–Trinajstić information content (AvgIpc) is 3.50. The molecule has 0 aliphatic heterocycles. The molecule has 0 bridgehead atoms. The first-order chi connectivity index (χ1) is 23.2. The van der Waals surface area contributed by atoms with Gasteiger partial charge >= 0.3 is 264 Å². The van der Waals surface area contributed by atoms with Crippen LogP contribution in [0.2, 0.25) is 0 Å². The van der Waals surface area contributed by atoms with Crippen LogP contribution in [0.1, 0.15) is 0 Å². The number of furan rings is 1. The van der Waals surface area contributed by atoms with Crippen molar-refractivity contribution < 1.29 is 4.42 Å². The van der Waals surface area contributed by atoms with E-state index in [4.69, 9.17) is 4.42 Å². The molecule has 221 valence electrons. The summed E-state index contributed by atoms with van der Waals surface area (Å²) < 4.78 is 7.31. The monoisotopic (exact) mass is 666 g/mol. The van der Waals surface area contributed by atoms with Gasteiger partial charge in [-0.15, -0.1) is 0 Å². The number of nitrogens with zero attached hydrogens (tertiary/aromatic N) is 1. The molecular formula is C44H28NOSe. The second-order valence-corrected chi connectivity index (χ2v) is 12.8. The van der Waals surface area contributed by atoms with Crippen LogP contribution in [0.5, 0.6) is 0 Å². The van der Waals surface area contributed by atoms with Gasteiger partial charge in [0.2, 0.25) is 0 Å². The van der Waals surface area contributed by atoms with E-state index in [1.54, 1.807) is 0 Å². The summed E-state index contributed by atoms with van der Waals surface area (Å²) in [5, 5.41) is 7.10. The number of benzene rings is 8. The number of hydrogen-bond donors (Lipinski definition) is 0. The van der Waals surface area contributed by atoms with Gasteiger partial charge in [-0.05, 0) is 6.07 Å². The Bertz CT molecular complexity index is 2570. The molecule has 47 heavy (non-hydrogen) atoms. The molecule has 0 saturated carbocycles. The fourth-order valence-corrected chi connectivity index (χ4v) is 7.54. The normalized spacial score (nSPS) is 11.5. The molecule has 0 spiro atoms. The number of para-hydroxylation sites is 1. The molecular weight excluding hydrogens is 637 g/mol. The molecule has 0 aliphatic carbocycles. The quantitative estimate of drug-likeness (QED) is 0.134. The molecule has 1 aromatic heterocycles. The van der Waals surface area contributed by atoms with Crippen LogP contribution in [0.3, 0.4) is 0 Å². The summed E-state index contributed by atoms with van der Waals surface area (Å²) in [6.45, 7) is 0. The number of hydrogen-bond acceptors (Lipinski definition) is 2. The zero-order chi connectivity index (χ0) is 31.3. The third-order valence-corrected chi connectivity index (χ3v) is 10.0. The molecule has 0 saturated heterocycles. The molecule has 1 heterocycles. The van der Waals surface area contributed by atoms with Gasteiger partial charge in [-0.1, -0.05) is 12.1 Å². The molecule has 0 unspecified atom stereocenters. The van der Waals surface area contributed by atoms with Crippen molar-refractivity contribution in [2.45, 2.75) is 0 Å². The maximum absolute atomic E-state index is 6.20. The van der Waals surface area contributed by atoms with Gasteiger partial charge in [0.25, 0.3) is 0 Å². The van der Waals surface area contributed by atoms with Crippen LogP contribution in [-0.4, -0.2) is 16.0 Å². The minimum absolute atomic E-state index is 0.920. The topological polar surface area (TPSA) is 16.4 Å². The number of anilines is 3. The molecule has 2 nitrogen and oxygen atoms in total. The van der Waals surface area contributed by atoms with Crippen molar-refractivity contribution in [2.75, 3.05) is 4.90 Å². The molecule has 0 amide bonds. The van der Waals surface area contributed by atoms with Crippen molar-refractivity contribution in [2.24, 2.45) is 0 Å². The predicted molar refractivity (Wildman–Crippen MR) is 200 cm³/mol. The van der Waals surface area contributed by atoms with Gasteiger partial charge in [0, 0.05) is 0 Å². The Balaban J connectivity index is 1.22. The molecule has 3 heteroatoms. The van der Waals surface area contributed by atoms with Crippen molar-refractivity contribution in [1.29, 1.82) is 0 Å². The zero-order valence-corrected chi connectivity index (χ0v) is 27.1. The van der Waals surface area contributed by atoms with Crippen LogP contribution < -0.4 is 9.36 Å². The summed E-state index contributed by atoms with van der Waals surface area (Å²) in [6, 6.07) is 60.6. The molecule has 8 aromatic carbocycles. The Labute approximate surface area is 281 Å². The maximum atomic E-state index is 6.20. The van der Waals surface area contributed by atoms with Gasteiger partial charge in [0.05, 0.1) is 0 Å². The van der Waals surface area contributed by atoms with Crippen LogP contribution in [0, 0.1) is 0 Å². The molecule has 0 fully saturated rings. The van der Waals surface area contributed by atoms with E-state index in [1.165, 1.54) is 43.8 Å². The summed E-state index contributed by atoms with van der Waals surface area (Å²) in [5.41, 5.74) is 9.90. The van der Waals surface area contributed by atoms with Crippen LogP contribution in [0.25, 0.3) is 65.7 Å². The van der Waals surface area contributed by atoms with Gasteiger partial charge in [0.1, 0.15) is 0 Å². The molecule has 1 radical (unpaired) electrons. The SMILES string of the molecule is [Se]c1c(-c2ccccc2)cccc1N(c1ccc(-c2ccccc2)cc1)c1ccc2c(ccc3cc4oc5ccccc5c4cc32)c1. The van der Waals surface area contributed by atoms with Gasteiger partial charge in [-0.2, -0.15) is 0 Å². The Kier molecular flexibility index (Phi) is 6.67. The van der Waals surface area contributed by atoms with E-state index in [2.05, 4.69) is 179 Å². The Morgan fingerprint density at radius 2 is 1.06 bits per heavy atom. The van der Waals surface area contributed by atoms with Crippen molar-refractivity contribution in [3.8, 4) is 22.3 Å². The van der Waals surface area contributed by atoms with Crippen LogP contribution in [-0.2, 0) is 0 Å². The van der Waals surface area contributed by atoms with E-state index in [-0.39, 0.29) is 0 Å². The summed E-state index contributed by atoms with van der Waals surface area (Å²) in [7, 11) is 0. The minimum atomic E-state index is 0.920. The van der Waals surface area contributed by atoms with E-state index in [9.17, 15) is 0 Å². The third-order valence-electron chi connectivity index (χ3n) is 9.13. The van der Waals surface area contributed by atoms with Crippen LogP contribution >= 0.6 is 0 Å². The number of fused-ring (bicyclic) bond motifs is 6. The first-order valence-corrected chi connectivity index (χ1v) is 16.7. The van der Waals surface area contributed by atoms with Crippen molar-refractivity contribution >= 4 is 81.0 Å². The van der Waals surface area contributed by atoms with Crippen LogP contribution in [0.15, 0.2) is 174 Å². The Hall–Kier alpha value is -5.60. The van der Waals surface area contributed by atoms with Gasteiger partial charge < -0.3 is 0 Å². The summed E-state index contributed by atoms with van der Waals surface area (Å²) in [5.74, 6) is 0. The van der Waals surface area contributed by atoms with Crippen LogP contribution in [0.4, 0.5) is 17.1 Å². The van der Waals surface area contributed by atoms with Gasteiger partial charge in [-0.3, -0.25) is 0 Å². The molecule has 0 N–H and O–H groups in total. The Morgan fingerprint density at radius 3 is 1.85 bits per heavy atom. The molecule has 0 atom stereocenters. The van der Waals surface area contributed by atoms with E-state index >= 15 is 0 Å². The van der Waals surface area contributed by atoms with E-state index in [0.29, 0.717) is 0 Å². The standard InChI is InChI=1S/C44H28NOSe/c47-44-37(31-12-5-2-6-13-31)15-9-16-41(44)45(34-22-20-30(21-23-34)29-10-3-1-4-11-29)35-24-25-36-32(26-35)18-19-33-27-43-40(28-39(33)36)38-14-7-8-17-42(38)46-43/h1-28H. The molecule has 9 rings (SSSR count). The fraction of sp³-hybridized carbons (Fsp3) is 0. The van der Waals surface area contributed by atoms with E-state index < -0.39 is 0 Å². The van der Waals surface area contributed by atoms with Gasteiger partial charge in [-0.25, -0.2) is 0 Å². The molecule has 9 aromatic rings. The second-order valence-electron chi connectivity index (χ2n) is 11.9. The zero-order valence-electron chi connectivity index (χ0n) is 25.4. The summed E-state index contributed by atoms with van der Waals surface area (Å²) in [6.07, 6.45) is 0. The first kappa shape index (κ1) is 27.7. The average molecular weight is 666 g/mol. The van der Waals surface area contributed by atoms with Crippen molar-refractivity contribution in [3.05, 3.63) is 170 Å². The van der Waals surface area contributed by atoms with Crippen molar-refractivity contribution in [3.63, 3.8) is 0 Å². The second kappa shape index (κ2) is 11.3. The van der Waals surface area contributed by atoms with E-state index in [1.807, 2.05) is 12.1 Å². The third kappa shape index (κ3) is 4.80. The first-order valence-electron chi connectivity index (χ1n) is 15.8. The van der Waals surface area contributed by atoms with Crippen molar-refractivity contribution in [1.82, 2.24) is 0 Å². The predicted octanol–water partition coefficient (Wildman–Crippen LogP) is 11.5. The summed E-state index contributed by atoms with van der Waals surface area (Å²) in [4.78, 5) is 2.36. The molecule has 0 aliphatic rings. The fourth-order valence-electron chi connectivity index (χ4n) is 6.82.